The Morgan fingerprint density at radius 2 is 1.90 bits per heavy atom. The Bertz CT molecular complexity index is 1200. The number of aryl methyl sites for hydroxylation is 1. The molecule has 6 heteroatoms. The number of rotatable bonds is 5. The zero-order chi connectivity index (χ0) is 19.8. The van der Waals surface area contributed by atoms with E-state index < -0.39 is 0 Å². The van der Waals surface area contributed by atoms with E-state index in [4.69, 9.17) is 0 Å². The van der Waals surface area contributed by atoms with Gasteiger partial charge in [0, 0.05) is 29.7 Å². The molecule has 0 amide bonds. The second kappa shape index (κ2) is 7.52. The molecule has 2 aromatic carbocycles. The third-order valence-electron chi connectivity index (χ3n) is 6.15. The topological polar surface area (TPSA) is 56.8 Å². The van der Waals surface area contributed by atoms with E-state index >= 15 is 0 Å². The minimum absolute atomic E-state index is 0.164. The van der Waals surface area contributed by atoms with Gasteiger partial charge in [-0.05, 0) is 68.2 Å². The molecule has 0 radical (unpaired) electrons. The lowest BCUT2D eigenvalue weighted by atomic mass is 9.97. The van der Waals surface area contributed by atoms with E-state index in [-0.39, 0.29) is 17.5 Å². The van der Waals surface area contributed by atoms with Crippen molar-refractivity contribution in [2.24, 2.45) is 0 Å². The van der Waals surface area contributed by atoms with E-state index in [0.29, 0.717) is 0 Å². The van der Waals surface area contributed by atoms with Gasteiger partial charge in [0.2, 0.25) is 0 Å². The van der Waals surface area contributed by atoms with Gasteiger partial charge in [0.05, 0.1) is 11.0 Å². The first-order valence-corrected chi connectivity index (χ1v) is 10.4. The van der Waals surface area contributed by atoms with Gasteiger partial charge in [0.25, 0.3) is 0 Å². The molecule has 1 fully saturated rings. The molecule has 1 unspecified atom stereocenters. The van der Waals surface area contributed by atoms with Crippen molar-refractivity contribution < 1.29 is 4.39 Å². The fraction of sp³-hybridized carbons (Fsp3) is 0.348. The van der Waals surface area contributed by atoms with Crippen molar-refractivity contribution in [1.29, 1.82) is 0 Å². The highest BCUT2D eigenvalue weighted by Crippen LogP contribution is 2.32. The summed E-state index contributed by atoms with van der Waals surface area (Å²) in [6.45, 7) is 2.99. The molecular formula is C23H25FN4O. The maximum Gasteiger partial charge on any atom is 0.323 e. The van der Waals surface area contributed by atoms with Gasteiger partial charge in [0.1, 0.15) is 5.82 Å². The van der Waals surface area contributed by atoms with Crippen LogP contribution in [0.1, 0.15) is 37.3 Å². The summed E-state index contributed by atoms with van der Waals surface area (Å²) in [6.07, 6.45) is 6.66. The van der Waals surface area contributed by atoms with Gasteiger partial charge in [-0.15, -0.1) is 0 Å². The average molecular weight is 392 g/mol. The van der Waals surface area contributed by atoms with Crippen molar-refractivity contribution in [3.63, 3.8) is 0 Å². The number of nitrogens with zero attached hydrogens (tertiary/aromatic N) is 2. The number of imidazole rings is 1. The summed E-state index contributed by atoms with van der Waals surface area (Å²) in [5.41, 5.74) is 3.83. The maximum absolute atomic E-state index is 13.5. The van der Waals surface area contributed by atoms with Crippen LogP contribution in [0, 0.1) is 5.82 Å². The Morgan fingerprint density at radius 1 is 1.03 bits per heavy atom. The number of benzene rings is 2. The number of aromatic amines is 2. The Hall–Kier alpha value is -2.86. The fourth-order valence-corrected chi connectivity index (χ4v) is 4.75. The molecule has 0 bridgehead atoms. The zero-order valence-corrected chi connectivity index (χ0v) is 16.3. The van der Waals surface area contributed by atoms with E-state index in [1.54, 1.807) is 6.07 Å². The molecule has 4 aromatic rings. The second-order valence-electron chi connectivity index (χ2n) is 7.96. The molecule has 1 saturated heterocycles. The number of aromatic nitrogens is 3. The highest BCUT2D eigenvalue weighted by molar-refractivity contribution is 5.80. The van der Waals surface area contributed by atoms with Crippen molar-refractivity contribution in [3.05, 3.63) is 70.5 Å². The van der Waals surface area contributed by atoms with Crippen molar-refractivity contribution in [3.8, 4) is 0 Å². The summed E-state index contributed by atoms with van der Waals surface area (Å²) in [5, 5.41) is 0.927. The van der Waals surface area contributed by atoms with Gasteiger partial charge in [-0.1, -0.05) is 18.6 Å². The monoisotopic (exact) mass is 392 g/mol. The standard InChI is InChI=1S/C23H25FN4O/c24-17-7-8-20-16(15-17)9-13-28(20)14-10-21(27-11-2-1-3-12-27)18-5-4-6-19-22(18)26-23(29)25-19/h4-9,13,15,21H,1-3,10-12,14H2,(H2,25,26,29). The normalized spacial score (nSPS) is 16.6. The third kappa shape index (κ3) is 3.49. The molecule has 29 heavy (non-hydrogen) atoms. The van der Waals surface area contributed by atoms with Crippen LogP contribution in [0.25, 0.3) is 21.9 Å². The van der Waals surface area contributed by atoms with Gasteiger partial charge >= 0.3 is 5.69 Å². The first kappa shape index (κ1) is 18.2. The summed E-state index contributed by atoms with van der Waals surface area (Å²) < 4.78 is 15.7. The van der Waals surface area contributed by atoms with Crippen LogP contribution < -0.4 is 5.69 Å². The van der Waals surface area contributed by atoms with Gasteiger partial charge < -0.3 is 14.5 Å². The molecule has 2 aromatic heterocycles. The second-order valence-corrected chi connectivity index (χ2v) is 7.96. The first-order chi connectivity index (χ1) is 14.2. The van der Waals surface area contributed by atoms with Crippen LogP contribution in [0.5, 0.6) is 0 Å². The summed E-state index contributed by atoms with van der Waals surface area (Å²) >= 11 is 0. The number of H-pyrrole nitrogens is 2. The molecule has 0 spiro atoms. The molecule has 1 atom stereocenters. The highest BCUT2D eigenvalue weighted by Gasteiger charge is 2.24. The largest absolute Gasteiger partial charge is 0.347 e. The summed E-state index contributed by atoms with van der Waals surface area (Å²) in [4.78, 5) is 20.3. The molecule has 0 aliphatic carbocycles. The lowest BCUT2D eigenvalue weighted by Crippen LogP contribution is -2.34. The average Bonchev–Trinajstić information content (AvgIpc) is 3.31. The first-order valence-electron chi connectivity index (χ1n) is 10.4. The predicted molar refractivity (Wildman–Crippen MR) is 114 cm³/mol. The van der Waals surface area contributed by atoms with E-state index in [9.17, 15) is 9.18 Å². The van der Waals surface area contributed by atoms with Crippen molar-refractivity contribution in [2.45, 2.75) is 38.3 Å². The molecular weight excluding hydrogens is 367 g/mol. The van der Waals surface area contributed by atoms with Gasteiger partial charge in [-0.25, -0.2) is 9.18 Å². The molecule has 1 aliphatic rings. The van der Waals surface area contributed by atoms with Crippen LogP contribution in [0.2, 0.25) is 0 Å². The number of hydrogen-bond donors (Lipinski definition) is 2. The van der Waals surface area contributed by atoms with E-state index in [1.807, 2.05) is 30.5 Å². The van der Waals surface area contributed by atoms with E-state index in [1.165, 1.54) is 30.9 Å². The minimum atomic E-state index is -0.204. The predicted octanol–water partition coefficient (Wildman–Crippen LogP) is 4.57. The summed E-state index contributed by atoms with van der Waals surface area (Å²) in [6, 6.07) is 13.2. The highest BCUT2D eigenvalue weighted by atomic mass is 19.1. The number of fused-ring (bicyclic) bond motifs is 2. The number of hydrogen-bond acceptors (Lipinski definition) is 2. The molecule has 5 nitrogen and oxygen atoms in total. The molecule has 150 valence electrons. The van der Waals surface area contributed by atoms with Crippen molar-refractivity contribution >= 4 is 21.9 Å². The minimum Gasteiger partial charge on any atom is -0.347 e. The molecule has 0 saturated carbocycles. The van der Waals surface area contributed by atoms with Crippen LogP contribution in [-0.2, 0) is 6.54 Å². The lowest BCUT2D eigenvalue weighted by Gasteiger charge is -2.35. The number of para-hydroxylation sites is 1. The quantitative estimate of drug-likeness (QED) is 0.523. The van der Waals surface area contributed by atoms with Crippen LogP contribution in [0.4, 0.5) is 4.39 Å². The van der Waals surface area contributed by atoms with Gasteiger partial charge in [-0.2, -0.15) is 0 Å². The molecule has 5 rings (SSSR count). The molecule has 3 heterocycles. The fourth-order valence-electron chi connectivity index (χ4n) is 4.75. The Labute approximate surface area is 168 Å². The molecule has 1 aliphatic heterocycles. The Balaban J connectivity index is 1.49. The number of piperidine rings is 1. The Kier molecular flexibility index (Phi) is 4.72. The molecule has 2 N–H and O–H groups in total. The smallest absolute Gasteiger partial charge is 0.323 e. The maximum atomic E-state index is 13.5. The van der Waals surface area contributed by atoms with Crippen molar-refractivity contribution in [1.82, 2.24) is 19.4 Å². The third-order valence-corrected chi connectivity index (χ3v) is 6.15. The SMILES string of the molecule is O=c1[nH]c2cccc(C(CCn3ccc4cc(F)ccc43)N3CCCCC3)c2[nH]1. The number of nitrogens with one attached hydrogen (secondary N) is 2. The van der Waals surface area contributed by atoms with Gasteiger partial charge in [-0.3, -0.25) is 4.90 Å². The van der Waals surface area contributed by atoms with E-state index in [2.05, 4.69) is 25.5 Å². The van der Waals surface area contributed by atoms with Crippen molar-refractivity contribution in [2.75, 3.05) is 13.1 Å². The van der Waals surface area contributed by atoms with E-state index in [0.717, 1.165) is 48.0 Å². The van der Waals surface area contributed by atoms with Crippen LogP contribution >= 0.6 is 0 Å². The summed E-state index contributed by atoms with van der Waals surface area (Å²) in [7, 11) is 0. The Morgan fingerprint density at radius 3 is 2.76 bits per heavy atom. The number of halogens is 1. The number of likely N-dealkylation sites (tertiary alicyclic amines) is 1. The summed E-state index contributed by atoms with van der Waals surface area (Å²) in [5.74, 6) is -0.204. The van der Waals surface area contributed by atoms with Crippen LogP contribution in [0.15, 0.2) is 53.5 Å². The van der Waals surface area contributed by atoms with Gasteiger partial charge in [0.15, 0.2) is 0 Å². The zero-order valence-electron chi connectivity index (χ0n) is 16.3. The van der Waals surface area contributed by atoms with Crippen LogP contribution in [0.3, 0.4) is 0 Å². The van der Waals surface area contributed by atoms with Crippen LogP contribution in [-0.4, -0.2) is 32.5 Å². The lowest BCUT2D eigenvalue weighted by molar-refractivity contribution is 0.153.